The van der Waals surface area contributed by atoms with E-state index in [9.17, 15) is 9.18 Å². The maximum atomic E-state index is 13.9. The molecule has 0 amide bonds. The Labute approximate surface area is 262 Å². The van der Waals surface area contributed by atoms with Gasteiger partial charge in [-0.2, -0.15) is 0 Å². The Kier molecular flexibility index (Phi) is 9.40. The van der Waals surface area contributed by atoms with Crippen LogP contribution in [0.1, 0.15) is 72.7 Å². The van der Waals surface area contributed by atoms with Crippen molar-refractivity contribution in [2.24, 2.45) is 0 Å². The van der Waals surface area contributed by atoms with Gasteiger partial charge in [0.2, 0.25) is 0 Å². The molecule has 0 saturated heterocycles. The van der Waals surface area contributed by atoms with Crippen LogP contribution in [0.15, 0.2) is 112 Å². The zero-order chi connectivity index (χ0) is 32.3. The quantitative estimate of drug-likeness (QED) is 0.197. The van der Waals surface area contributed by atoms with Crippen molar-refractivity contribution in [2.75, 3.05) is 0 Å². The highest BCUT2D eigenvalue weighted by molar-refractivity contribution is 8.30. The summed E-state index contributed by atoms with van der Waals surface area (Å²) in [6.45, 7) is 17.9. The fourth-order valence-corrected chi connectivity index (χ4v) is 7.45. The van der Waals surface area contributed by atoms with Gasteiger partial charge < -0.3 is 18.4 Å². The lowest BCUT2D eigenvalue weighted by Gasteiger charge is -2.40. The first-order chi connectivity index (χ1) is 20.4. The van der Waals surface area contributed by atoms with Crippen LogP contribution in [0.2, 0.25) is 0 Å². The summed E-state index contributed by atoms with van der Waals surface area (Å²) in [5, 5.41) is 0. The summed E-state index contributed by atoms with van der Waals surface area (Å²) < 4.78 is 38.7. The predicted molar refractivity (Wildman–Crippen MR) is 175 cm³/mol. The van der Waals surface area contributed by atoms with Gasteiger partial charge in [0.25, 0.3) is 0 Å². The lowest BCUT2D eigenvalue weighted by atomic mass is 10.2. The van der Waals surface area contributed by atoms with E-state index in [4.69, 9.17) is 18.4 Å². The van der Waals surface area contributed by atoms with E-state index in [-0.39, 0.29) is 22.4 Å². The molecule has 234 valence electrons. The molecule has 0 atom stereocenters. The van der Waals surface area contributed by atoms with E-state index in [1.54, 1.807) is 0 Å². The molecule has 44 heavy (non-hydrogen) atoms. The summed E-state index contributed by atoms with van der Waals surface area (Å²) in [7, 11) is -2.68. The Morgan fingerprint density at radius 1 is 0.500 bits per heavy atom. The zero-order valence-corrected chi connectivity index (χ0v) is 27.9. The van der Waals surface area contributed by atoms with Crippen LogP contribution in [0.25, 0.3) is 0 Å². The van der Waals surface area contributed by atoms with Gasteiger partial charge in [-0.3, -0.25) is 0 Å². The first kappa shape index (κ1) is 32.9. The van der Waals surface area contributed by atoms with Gasteiger partial charge >= 0.3 is 5.97 Å². The fourth-order valence-electron chi connectivity index (χ4n) is 4.46. The molecular formula is C37H43FO5S. The second-order valence-electron chi connectivity index (χ2n) is 13.5. The molecule has 0 aromatic heterocycles. The van der Waals surface area contributed by atoms with E-state index in [0.717, 1.165) is 14.7 Å². The smallest absolute Gasteiger partial charge is 0.349 e. The molecule has 4 rings (SSSR count). The van der Waals surface area contributed by atoms with E-state index < -0.39 is 22.1 Å². The Morgan fingerprint density at radius 3 is 1.07 bits per heavy atom. The van der Waals surface area contributed by atoms with Crippen molar-refractivity contribution in [3.63, 3.8) is 0 Å². The van der Waals surface area contributed by atoms with Crippen molar-refractivity contribution in [3.8, 4) is 17.2 Å². The topological polar surface area (TPSA) is 54.0 Å². The minimum absolute atomic E-state index is 0.247. The highest BCUT2D eigenvalue weighted by Crippen LogP contribution is 2.69. The fraction of sp³-hybridized carbons (Fsp3) is 0.324. The Bertz CT molecular complexity index is 1400. The Balaban J connectivity index is 1.93. The van der Waals surface area contributed by atoms with Crippen molar-refractivity contribution < 1.29 is 27.6 Å². The minimum atomic E-state index is -2.68. The highest BCUT2D eigenvalue weighted by atomic mass is 32.3. The van der Waals surface area contributed by atoms with Gasteiger partial charge in [0.15, 0.2) is 0 Å². The van der Waals surface area contributed by atoms with Crippen LogP contribution in [0, 0.1) is 5.82 Å². The molecule has 0 N–H and O–H groups in total. The molecule has 0 saturated carbocycles. The minimum Gasteiger partial charge on any atom is -0.488 e. The molecule has 0 spiro atoms. The summed E-state index contributed by atoms with van der Waals surface area (Å²) in [6.07, 6.45) is 0. The van der Waals surface area contributed by atoms with Crippen LogP contribution in [-0.4, -0.2) is 22.8 Å². The van der Waals surface area contributed by atoms with E-state index in [1.807, 2.05) is 135 Å². The third-order valence-corrected chi connectivity index (χ3v) is 9.23. The largest absolute Gasteiger partial charge is 0.488 e. The lowest BCUT2D eigenvalue weighted by molar-refractivity contribution is 0.0757. The van der Waals surface area contributed by atoms with Gasteiger partial charge in [0.1, 0.15) is 39.9 Å². The van der Waals surface area contributed by atoms with E-state index in [0.29, 0.717) is 17.2 Å². The average Bonchev–Trinajstić information content (AvgIpc) is 2.91. The normalized spacial score (nSPS) is 12.8. The van der Waals surface area contributed by atoms with Gasteiger partial charge in [0.05, 0.1) is 5.56 Å². The second-order valence-corrected chi connectivity index (χ2v) is 16.2. The van der Waals surface area contributed by atoms with Gasteiger partial charge in [-0.25, -0.2) is 9.18 Å². The van der Waals surface area contributed by atoms with Gasteiger partial charge in [0, 0.05) is 14.7 Å². The van der Waals surface area contributed by atoms with E-state index >= 15 is 0 Å². The van der Waals surface area contributed by atoms with E-state index in [2.05, 4.69) is 0 Å². The molecular weight excluding hydrogens is 575 g/mol. The molecule has 0 aliphatic carbocycles. The number of ether oxygens (including phenoxy) is 3. The van der Waals surface area contributed by atoms with Crippen LogP contribution < -0.4 is 14.2 Å². The summed E-state index contributed by atoms with van der Waals surface area (Å²) >= 11 is 0. The van der Waals surface area contributed by atoms with Crippen LogP contribution >= 0.6 is 10.3 Å². The van der Waals surface area contributed by atoms with Crippen molar-refractivity contribution >= 4 is 16.3 Å². The zero-order valence-electron chi connectivity index (χ0n) is 27.1. The van der Waals surface area contributed by atoms with Crippen molar-refractivity contribution in [1.29, 1.82) is 0 Å². The molecule has 4 aromatic rings. The molecule has 0 aliphatic rings. The Hall–Kier alpha value is -3.97. The van der Waals surface area contributed by atoms with E-state index in [1.165, 1.54) is 24.3 Å². The Morgan fingerprint density at radius 2 is 0.795 bits per heavy atom. The summed E-state index contributed by atoms with van der Waals surface area (Å²) in [6, 6.07) is 28.3. The number of carbonyl (C=O) groups is 1. The number of hydrogen-bond donors (Lipinski definition) is 0. The lowest BCUT2D eigenvalue weighted by Crippen LogP contribution is -2.23. The van der Waals surface area contributed by atoms with Crippen molar-refractivity contribution in [1.82, 2.24) is 0 Å². The molecule has 0 radical (unpaired) electrons. The number of benzene rings is 4. The first-order valence-electron chi connectivity index (χ1n) is 14.6. The molecule has 4 aromatic carbocycles. The average molecular weight is 619 g/mol. The van der Waals surface area contributed by atoms with Crippen molar-refractivity contribution in [3.05, 3.63) is 108 Å². The van der Waals surface area contributed by atoms with Crippen LogP contribution in [0.3, 0.4) is 0 Å². The maximum Gasteiger partial charge on any atom is 0.349 e. The molecule has 0 aliphatic heterocycles. The molecule has 0 fully saturated rings. The molecule has 0 heterocycles. The standard InChI is InChI=1S/C37H43FO5S/c1-35(2,3)40-28-14-20-31(21-15-28)44(43-34(39)26-10-12-27(38)13-11-26,32-22-16-29(17-23-32)41-36(4,5)6)33-24-18-30(19-25-33)42-37(7,8)9/h10-25H,1-9H3. The van der Waals surface area contributed by atoms with Crippen molar-refractivity contribution in [2.45, 2.75) is 93.8 Å². The monoisotopic (exact) mass is 618 g/mol. The van der Waals surface area contributed by atoms with Gasteiger partial charge in [-0.05, 0) is 170 Å². The van der Waals surface area contributed by atoms with Crippen LogP contribution in [-0.2, 0) is 4.18 Å². The second kappa shape index (κ2) is 12.6. The van der Waals surface area contributed by atoms with Gasteiger partial charge in [-0.15, -0.1) is 0 Å². The van der Waals surface area contributed by atoms with Crippen LogP contribution in [0.4, 0.5) is 4.39 Å². The molecule has 0 bridgehead atoms. The highest BCUT2D eigenvalue weighted by Gasteiger charge is 2.37. The van der Waals surface area contributed by atoms with Gasteiger partial charge in [-0.1, -0.05) is 0 Å². The summed E-state index contributed by atoms with van der Waals surface area (Å²) in [5.74, 6) is 1.09. The third kappa shape index (κ3) is 8.56. The third-order valence-electron chi connectivity index (χ3n) is 6.02. The predicted octanol–water partition coefficient (Wildman–Crippen LogP) is 10.4. The maximum absolute atomic E-state index is 13.9. The number of carbonyl (C=O) groups excluding carboxylic acids is 1. The SMILES string of the molecule is CC(C)(C)Oc1ccc(S(OC(=O)c2ccc(F)cc2)(c2ccc(OC(C)(C)C)cc2)c2ccc(OC(C)(C)C)cc2)cc1. The molecule has 5 nitrogen and oxygen atoms in total. The first-order valence-corrected chi connectivity index (χ1v) is 16.2. The number of hydrogen-bond acceptors (Lipinski definition) is 5. The molecule has 0 unspecified atom stereocenters. The number of halogens is 1. The summed E-state index contributed by atoms with van der Waals surface area (Å²) in [5.41, 5.74) is -0.901. The van der Waals surface area contributed by atoms with Crippen LogP contribution in [0.5, 0.6) is 17.2 Å². The number of rotatable bonds is 8. The molecule has 7 heteroatoms. The summed E-state index contributed by atoms with van der Waals surface area (Å²) in [4.78, 5) is 16.2.